The summed E-state index contributed by atoms with van der Waals surface area (Å²) in [7, 11) is 2.32. The van der Waals surface area contributed by atoms with Gasteiger partial charge in [-0.1, -0.05) is 18.2 Å². The number of nitrogen functional groups attached to an aromatic ring is 1. The summed E-state index contributed by atoms with van der Waals surface area (Å²) in [4.78, 5) is 14.3. The molecule has 3 aliphatic rings. The Labute approximate surface area is 223 Å². The molecule has 2 N–H and O–H groups in total. The normalized spacial score (nSPS) is 24.7. The number of nitrogens with two attached hydrogens (primary N) is 1. The summed E-state index contributed by atoms with van der Waals surface area (Å²) < 4.78 is 8.10. The maximum atomic E-state index is 6.39. The van der Waals surface area contributed by atoms with Crippen LogP contribution in [0.5, 0.6) is 11.5 Å². The Kier molecular flexibility index (Phi) is 6.01. The minimum Gasteiger partial charge on any atom is -0.457 e. The Morgan fingerprint density at radius 2 is 1.47 bits per heavy atom. The van der Waals surface area contributed by atoms with Crippen molar-refractivity contribution in [3.05, 3.63) is 60.9 Å². The summed E-state index contributed by atoms with van der Waals surface area (Å²) in [5, 5.41) is 5.94. The maximum Gasteiger partial charge on any atom is 0.164 e. The van der Waals surface area contributed by atoms with Gasteiger partial charge in [-0.3, -0.25) is 0 Å². The lowest BCUT2D eigenvalue weighted by molar-refractivity contribution is 0.0535. The fourth-order valence-electron chi connectivity index (χ4n) is 6.93. The van der Waals surface area contributed by atoms with Gasteiger partial charge < -0.3 is 20.3 Å². The van der Waals surface area contributed by atoms with Crippen LogP contribution in [0.25, 0.3) is 22.3 Å². The Balaban J connectivity index is 1.11. The minimum absolute atomic E-state index is 0.306. The summed E-state index contributed by atoms with van der Waals surface area (Å²) in [6, 6.07) is 20.4. The molecule has 38 heavy (non-hydrogen) atoms. The summed E-state index contributed by atoms with van der Waals surface area (Å²) in [5.41, 5.74) is 9.03. The molecule has 7 rings (SSSR count). The van der Waals surface area contributed by atoms with Crippen LogP contribution in [0.2, 0.25) is 0 Å². The van der Waals surface area contributed by atoms with Gasteiger partial charge >= 0.3 is 0 Å². The molecule has 2 unspecified atom stereocenters. The fraction of sp³-hybridized carbons (Fsp3) is 0.433. The highest BCUT2D eigenvalue weighted by molar-refractivity contribution is 5.98. The minimum atomic E-state index is 0.306. The summed E-state index contributed by atoms with van der Waals surface area (Å²) >= 11 is 0. The maximum absolute atomic E-state index is 6.39. The molecule has 0 radical (unpaired) electrons. The van der Waals surface area contributed by atoms with E-state index in [4.69, 9.17) is 15.6 Å². The van der Waals surface area contributed by atoms with Crippen LogP contribution in [0.1, 0.15) is 44.6 Å². The van der Waals surface area contributed by atoms with Crippen molar-refractivity contribution in [2.75, 3.05) is 25.9 Å². The van der Waals surface area contributed by atoms with Gasteiger partial charge in [0.1, 0.15) is 29.3 Å². The first-order chi connectivity index (χ1) is 18.6. The Morgan fingerprint density at radius 3 is 2.18 bits per heavy atom. The number of nitrogens with zero attached hydrogens (tertiary/aromatic N) is 6. The Hall–Kier alpha value is -3.49. The first kappa shape index (κ1) is 23.6. The van der Waals surface area contributed by atoms with E-state index in [0.717, 1.165) is 77.8 Å². The first-order valence-corrected chi connectivity index (χ1v) is 13.9. The van der Waals surface area contributed by atoms with E-state index in [0.29, 0.717) is 11.9 Å². The number of rotatable bonds is 5. The summed E-state index contributed by atoms with van der Waals surface area (Å²) in [6.45, 7) is 2.22. The second kappa shape index (κ2) is 9.67. The van der Waals surface area contributed by atoms with Crippen LogP contribution in [-0.2, 0) is 0 Å². The zero-order valence-electron chi connectivity index (χ0n) is 21.9. The molecule has 0 aliphatic carbocycles. The number of aromatic nitrogens is 4. The van der Waals surface area contributed by atoms with Gasteiger partial charge in [0.15, 0.2) is 5.65 Å². The van der Waals surface area contributed by atoms with Crippen LogP contribution < -0.4 is 10.5 Å². The number of anilines is 1. The van der Waals surface area contributed by atoms with Gasteiger partial charge in [-0.25, -0.2) is 14.6 Å². The zero-order valence-corrected chi connectivity index (χ0v) is 21.9. The first-order valence-electron chi connectivity index (χ1n) is 13.9. The quantitative estimate of drug-likeness (QED) is 0.399. The highest BCUT2D eigenvalue weighted by Crippen LogP contribution is 2.39. The van der Waals surface area contributed by atoms with Crippen molar-refractivity contribution in [1.82, 2.24) is 29.5 Å². The van der Waals surface area contributed by atoms with Crippen molar-refractivity contribution in [2.45, 2.75) is 62.7 Å². The SMILES string of the molecule is CN1C2CCC1CC(N1CCC(n3nc(-c4ccc(Oc5ccccc5)cc4)c4c(N)ncnc43)CC1)C2. The Bertz CT molecular complexity index is 1400. The lowest BCUT2D eigenvalue weighted by Crippen LogP contribution is -2.51. The van der Waals surface area contributed by atoms with E-state index >= 15 is 0 Å². The van der Waals surface area contributed by atoms with Crippen LogP contribution in [0.3, 0.4) is 0 Å². The van der Waals surface area contributed by atoms with Crippen molar-refractivity contribution in [3.8, 4) is 22.8 Å². The van der Waals surface area contributed by atoms with Gasteiger partial charge in [-0.15, -0.1) is 0 Å². The predicted molar refractivity (Wildman–Crippen MR) is 149 cm³/mol. The van der Waals surface area contributed by atoms with Gasteiger partial charge in [-0.05, 0) is 82.0 Å². The number of piperidine rings is 2. The molecule has 3 fully saturated rings. The molecule has 5 heterocycles. The average Bonchev–Trinajstić information content (AvgIpc) is 3.42. The van der Waals surface area contributed by atoms with Gasteiger partial charge in [-0.2, -0.15) is 5.10 Å². The molecule has 3 aliphatic heterocycles. The topological polar surface area (TPSA) is 85.3 Å². The van der Waals surface area contributed by atoms with E-state index in [2.05, 4.69) is 31.5 Å². The fourth-order valence-corrected chi connectivity index (χ4v) is 6.93. The predicted octanol–water partition coefficient (Wildman–Crippen LogP) is 5.13. The molecule has 2 aromatic heterocycles. The lowest BCUT2D eigenvalue weighted by atomic mass is 9.93. The molecule has 4 aromatic rings. The average molecular weight is 510 g/mol. The third kappa shape index (κ3) is 4.22. The summed E-state index contributed by atoms with van der Waals surface area (Å²) in [5.74, 6) is 2.06. The van der Waals surface area contributed by atoms with Crippen LogP contribution in [-0.4, -0.2) is 67.8 Å². The van der Waals surface area contributed by atoms with Gasteiger partial charge in [0.05, 0.1) is 11.4 Å². The Morgan fingerprint density at radius 1 is 0.789 bits per heavy atom. The molecule has 0 spiro atoms. The van der Waals surface area contributed by atoms with E-state index in [-0.39, 0.29) is 0 Å². The molecule has 8 nitrogen and oxygen atoms in total. The number of likely N-dealkylation sites (tertiary alicyclic amines) is 1. The smallest absolute Gasteiger partial charge is 0.164 e. The second-order valence-electron chi connectivity index (χ2n) is 11.1. The van der Waals surface area contributed by atoms with Crippen molar-refractivity contribution in [2.24, 2.45) is 0 Å². The summed E-state index contributed by atoms with van der Waals surface area (Å²) in [6.07, 6.45) is 9.09. The van der Waals surface area contributed by atoms with Gasteiger partial charge in [0.25, 0.3) is 0 Å². The molecule has 0 saturated carbocycles. The van der Waals surface area contributed by atoms with E-state index < -0.39 is 0 Å². The van der Waals surface area contributed by atoms with Gasteiger partial charge in [0, 0.05) is 36.8 Å². The number of benzene rings is 2. The molecule has 2 atom stereocenters. The number of hydrogen-bond donors (Lipinski definition) is 1. The molecular formula is C30H35N7O. The molecule has 2 aromatic carbocycles. The molecule has 0 amide bonds. The third-order valence-electron chi connectivity index (χ3n) is 9.06. The standard InChI is InChI=1S/C30H35N7O/c1-35-22-9-10-23(35)18-24(17-22)36-15-13-21(14-16-36)37-30-27(29(31)32-19-33-30)28(34-37)20-7-11-26(12-8-20)38-25-5-3-2-4-6-25/h2-8,11-12,19,21-24H,9-10,13-18H2,1H3,(H2,31,32,33). The second-order valence-corrected chi connectivity index (χ2v) is 11.1. The molecule has 8 heteroatoms. The number of para-hydroxylation sites is 1. The van der Waals surface area contributed by atoms with E-state index in [1.807, 2.05) is 54.6 Å². The zero-order chi connectivity index (χ0) is 25.6. The van der Waals surface area contributed by atoms with Crippen molar-refractivity contribution in [3.63, 3.8) is 0 Å². The van der Waals surface area contributed by atoms with Crippen LogP contribution >= 0.6 is 0 Å². The van der Waals surface area contributed by atoms with Gasteiger partial charge in [0.2, 0.25) is 0 Å². The monoisotopic (exact) mass is 509 g/mol. The number of ether oxygens (including phenoxy) is 1. The van der Waals surface area contributed by atoms with E-state index in [9.17, 15) is 0 Å². The molecule has 3 saturated heterocycles. The van der Waals surface area contributed by atoms with E-state index in [1.165, 1.54) is 25.7 Å². The van der Waals surface area contributed by atoms with Crippen LogP contribution in [0.15, 0.2) is 60.9 Å². The number of fused-ring (bicyclic) bond motifs is 3. The number of hydrogen-bond acceptors (Lipinski definition) is 7. The largest absolute Gasteiger partial charge is 0.457 e. The highest BCUT2D eigenvalue weighted by Gasteiger charge is 2.41. The van der Waals surface area contributed by atoms with E-state index in [1.54, 1.807) is 6.33 Å². The molecular weight excluding hydrogens is 474 g/mol. The third-order valence-corrected chi connectivity index (χ3v) is 9.06. The lowest BCUT2D eigenvalue weighted by Gasteiger charge is -2.44. The molecule has 196 valence electrons. The van der Waals surface area contributed by atoms with Crippen molar-refractivity contribution in [1.29, 1.82) is 0 Å². The highest BCUT2D eigenvalue weighted by atomic mass is 16.5. The van der Waals surface area contributed by atoms with Crippen molar-refractivity contribution >= 4 is 16.9 Å². The van der Waals surface area contributed by atoms with Crippen molar-refractivity contribution < 1.29 is 4.74 Å². The van der Waals surface area contributed by atoms with Crippen LogP contribution in [0, 0.1) is 0 Å². The van der Waals surface area contributed by atoms with Crippen LogP contribution in [0.4, 0.5) is 5.82 Å². The molecule has 2 bridgehead atoms.